The van der Waals surface area contributed by atoms with Crippen LogP contribution in [0.15, 0.2) is 61.4 Å². The lowest BCUT2D eigenvalue weighted by Gasteiger charge is -2.35. The topological polar surface area (TPSA) is 95.1 Å². The Balaban J connectivity index is 1.42. The van der Waals surface area contributed by atoms with E-state index in [-0.39, 0.29) is 17.4 Å². The molecule has 10 heteroatoms. The van der Waals surface area contributed by atoms with Gasteiger partial charge >= 0.3 is 0 Å². The second kappa shape index (κ2) is 13.4. The Labute approximate surface area is 260 Å². The van der Waals surface area contributed by atoms with Gasteiger partial charge in [0.15, 0.2) is 5.82 Å². The van der Waals surface area contributed by atoms with E-state index in [9.17, 15) is 4.79 Å². The molecule has 2 fully saturated rings. The highest BCUT2D eigenvalue weighted by Crippen LogP contribution is 2.40. The Morgan fingerprint density at radius 2 is 1.91 bits per heavy atom. The number of benzene rings is 2. The first-order valence-corrected chi connectivity index (χ1v) is 14.9. The van der Waals surface area contributed by atoms with Crippen molar-refractivity contribution in [3.8, 4) is 17.6 Å². The van der Waals surface area contributed by atoms with Crippen molar-refractivity contribution in [3.63, 3.8) is 0 Å². The maximum atomic E-state index is 12.4. The summed E-state index contributed by atoms with van der Waals surface area (Å²) in [5, 5.41) is 8.18. The fourth-order valence-corrected chi connectivity index (χ4v) is 5.18. The molecule has 1 atom stereocenters. The quantitative estimate of drug-likeness (QED) is 0.263. The number of nitrogens with one attached hydrogen (secondary N) is 2. The average Bonchev–Trinajstić information content (AvgIpc) is 3.51. The lowest BCUT2D eigenvalue weighted by Crippen LogP contribution is -2.44. The molecule has 10 nitrogen and oxygen atoms in total. The van der Waals surface area contributed by atoms with E-state index in [1.807, 2.05) is 35.4 Å². The van der Waals surface area contributed by atoms with Crippen LogP contribution in [-0.4, -0.2) is 67.7 Å². The lowest BCUT2D eigenvalue weighted by molar-refractivity contribution is -0.111. The number of hydrogen-bond acceptors (Lipinski definition) is 9. The summed E-state index contributed by atoms with van der Waals surface area (Å²) in [5.41, 5.74) is 4.21. The molecule has 3 aromatic rings. The average molecular weight is 596 g/mol. The highest BCUT2D eigenvalue weighted by Gasteiger charge is 2.29. The van der Waals surface area contributed by atoms with E-state index in [2.05, 4.69) is 88.8 Å². The van der Waals surface area contributed by atoms with Crippen LogP contribution in [0.5, 0.6) is 5.75 Å². The summed E-state index contributed by atoms with van der Waals surface area (Å²) in [6.45, 7) is 14.0. The molecule has 1 amide bonds. The number of methoxy groups -OCH3 is 1. The summed E-state index contributed by atoms with van der Waals surface area (Å²) in [6.07, 6.45) is 3.59. The molecule has 1 aromatic heterocycles. The van der Waals surface area contributed by atoms with Crippen LogP contribution in [0.3, 0.4) is 0 Å². The Hall–Kier alpha value is -4.59. The normalized spacial score (nSPS) is 17.1. The number of amides is 1. The van der Waals surface area contributed by atoms with Crippen molar-refractivity contribution in [2.24, 2.45) is 5.41 Å². The number of carbonyl (C=O) groups is 1. The predicted molar refractivity (Wildman–Crippen MR) is 175 cm³/mol. The second-order valence-electron chi connectivity index (χ2n) is 12.0. The molecular weight excluding hydrogens is 554 g/mol. The van der Waals surface area contributed by atoms with E-state index < -0.39 is 0 Å². The Bertz CT molecular complexity index is 1570. The first kappa shape index (κ1) is 30.9. The minimum atomic E-state index is -0.286. The number of nitrogens with zero attached hydrogens (tertiary/aromatic N) is 5. The zero-order valence-corrected chi connectivity index (χ0v) is 26.2. The van der Waals surface area contributed by atoms with E-state index in [1.165, 1.54) is 12.4 Å². The van der Waals surface area contributed by atoms with Crippen LogP contribution in [0.25, 0.3) is 0 Å². The number of anilines is 5. The van der Waals surface area contributed by atoms with Crippen molar-refractivity contribution in [1.82, 2.24) is 14.9 Å². The number of hydroxylamine groups is 1. The summed E-state index contributed by atoms with van der Waals surface area (Å²) in [6, 6.07) is 13.9. The summed E-state index contributed by atoms with van der Waals surface area (Å²) >= 11 is 0. The number of ether oxygens (including phenoxy) is 1. The minimum Gasteiger partial charge on any atom is -0.494 e. The Morgan fingerprint density at radius 3 is 2.64 bits per heavy atom. The van der Waals surface area contributed by atoms with Crippen molar-refractivity contribution in [2.45, 2.75) is 33.2 Å². The largest absolute Gasteiger partial charge is 0.494 e. The molecule has 3 heterocycles. The summed E-state index contributed by atoms with van der Waals surface area (Å²) in [7, 11) is 3.74. The second-order valence-corrected chi connectivity index (χ2v) is 12.0. The molecule has 0 radical (unpaired) electrons. The van der Waals surface area contributed by atoms with Gasteiger partial charge in [-0.25, -0.2) is 15.0 Å². The smallest absolute Gasteiger partial charge is 0.247 e. The molecule has 2 aliphatic rings. The molecule has 0 aliphatic carbocycles. The van der Waals surface area contributed by atoms with Crippen LogP contribution in [0.2, 0.25) is 0 Å². The fourth-order valence-electron chi connectivity index (χ4n) is 5.18. The first-order valence-electron chi connectivity index (χ1n) is 14.9. The summed E-state index contributed by atoms with van der Waals surface area (Å²) in [5.74, 6) is 8.14. The molecule has 2 aromatic carbocycles. The van der Waals surface area contributed by atoms with Crippen LogP contribution in [0.1, 0.15) is 44.4 Å². The van der Waals surface area contributed by atoms with Crippen molar-refractivity contribution in [1.29, 1.82) is 0 Å². The van der Waals surface area contributed by atoms with E-state index >= 15 is 0 Å². The van der Waals surface area contributed by atoms with Gasteiger partial charge in [-0.15, -0.1) is 0 Å². The van der Waals surface area contributed by atoms with Crippen LogP contribution in [-0.2, 0) is 9.63 Å². The van der Waals surface area contributed by atoms with Gasteiger partial charge in [-0.2, -0.15) is 0 Å². The van der Waals surface area contributed by atoms with Gasteiger partial charge < -0.3 is 25.2 Å². The van der Waals surface area contributed by atoms with E-state index in [4.69, 9.17) is 9.57 Å². The number of aromatic nitrogens is 2. The maximum Gasteiger partial charge on any atom is 0.247 e. The predicted octanol–water partition coefficient (Wildman–Crippen LogP) is 5.39. The zero-order valence-electron chi connectivity index (χ0n) is 26.2. The molecule has 0 spiro atoms. The van der Waals surface area contributed by atoms with Gasteiger partial charge in [0, 0.05) is 55.7 Å². The number of hydrogen-bond donors (Lipinski definition) is 2. The molecule has 2 aliphatic heterocycles. The molecule has 230 valence electrons. The molecule has 2 N–H and O–H groups in total. The van der Waals surface area contributed by atoms with Crippen molar-refractivity contribution in [2.75, 3.05) is 67.5 Å². The number of carbonyl (C=O) groups excluding carboxylic acids is 1. The highest BCUT2D eigenvalue weighted by molar-refractivity contribution is 6.02. The van der Waals surface area contributed by atoms with Crippen molar-refractivity contribution in [3.05, 3.63) is 72.6 Å². The molecule has 1 unspecified atom stereocenters. The van der Waals surface area contributed by atoms with Gasteiger partial charge in [0.2, 0.25) is 5.91 Å². The number of piperazine rings is 1. The summed E-state index contributed by atoms with van der Waals surface area (Å²) in [4.78, 5) is 32.0. The molecule has 5 rings (SSSR count). The van der Waals surface area contributed by atoms with Gasteiger partial charge in [-0.05, 0) is 57.7 Å². The molecule has 44 heavy (non-hydrogen) atoms. The van der Waals surface area contributed by atoms with Crippen LogP contribution >= 0.6 is 0 Å². The van der Waals surface area contributed by atoms with Gasteiger partial charge in [-0.1, -0.05) is 30.6 Å². The standard InChI is InChI=1S/C34H41N7O3/c1-7-33(42)38-26-20-27(30(43-6)21-29(26)40-16-14-39(5)15-17-40)37-31-22-32(36-23-35-31)41-28(12-18-44-41)25-10-8-9-24(19-25)11-13-34(2,3)4/h7-10,19-23,28H,1,12,14-18H2,2-6H3,(H,38,42)(H,35,36,37). The molecular formula is C34H41N7O3. The third kappa shape index (κ3) is 7.48. The van der Waals surface area contributed by atoms with Crippen LogP contribution in [0, 0.1) is 17.3 Å². The van der Waals surface area contributed by atoms with Crippen LogP contribution < -0.4 is 25.3 Å². The van der Waals surface area contributed by atoms with Crippen molar-refractivity contribution >= 4 is 34.6 Å². The van der Waals surface area contributed by atoms with E-state index in [0.29, 0.717) is 35.4 Å². The Morgan fingerprint density at radius 1 is 1.11 bits per heavy atom. The number of likely N-dealkylation sites (N-methyl/N-ethyl adjacent to an activating group) is 1. The highest BCUT2D eigenvalue weighted by atomic mass is 16.7. The zero-order chi connectivity index (χ0) is 31.3. The minimum absolute atomic E-state index is 0.0211. The van der Waals surface area contributed by atoms with E-state index in [1.54, 1.807) is 7.11 Å². The monoisotopic (exact) mass is 595 g/mol. The van der Waals surface area contributed by atoms with Gasteiger partial charge in [-0.3, -0.25) is 9.63 Å². The van der Waals surface area contributed by atoms with Gasteiger partial charge in [0.1, 0.15) is 17.9 Å². The van der Waals surface area contributed by atoms with Gasteiger partial charge in [0.05, 0.1) is 36.8 Å². The fraction of sp³-hybridized carbons (Fsp3) is 0.382. The molecule has 0 bridgehead atoms. The van der Waals surface area contributed by atoms with Crippen molar-refractivity contribution < 1.29 is 14.4 Å². The third-order valence-corrected chi connectivity index (χ3v) is 7.50. The summed E-state index contributed by atoms with van der Waals surface area (Å²) < 4.78 is 5.79. The third-order valence-electron chi connectivity index (χ3n) is 7.50. The van der Waals surface area contributed by atoms with Crippen LogP contribution in [0.4, 0.5) is 28.7 Å². The first-order chi connectivity index (χ1) is 21.1. The molecule has 2 saturated heterocycles. The maximum absolute atomic E-state index is 12.4. The van der Waals surface area contributed by atoms with Gasteiger partial charge in [0.25, 0.3) is 0 Å². The lowest BCUT2D eigenvalue weighted by atomic mass is 9.96. The van der Waals surface area contributed by atoms with E-state index in [0.717, 1.165) is 49.4 Å². The Kier molecular flexibility index (Phi) is 9.37. The SMILES string of the molecule is C=CC(=O)Nc1cc(Nc2cc(N3OCCC3c3cccc(C#CC(C)(C)C)c3)ncn2)c(OC)cc1N1CCN(C)CC1. The molecule has 0 saturated carbocycles. The number of rotatable bonds is 8.